The zero-order chi connectivity index (χ0) is 17.1. The molecule has 0 aliphatic carbocycles. The molecule has 7 nitrogen and oxygen atoms in total. The van der Waals surface area contributed by atoms with Crippen molar-refractivity contribution < 1.29 is 9.53 Å². The lowest BCUT2D eigenvalue weighted by Gasteiger charge is -2.08. The number of carbonyl (C=O) groups is 1. The lowest BCUT2D eigenvalue weighted by Crippen LogP contribution is -2.31. The van der Waals surface area contributed by atoms with Crippen LogP contribution in [0.3, 0.4) is 0 Å². The van der Waals surface area contributed by atoms with Crippen molar-refractivity contribution in [3.63, 3.8) is 0 Å². The van der Waals surface area contributed by atoms with E-state index in [-0.39, 0.29) is 24.1 Å². The van der Waals surface area contributed by atoms with Crippen LogP contribution in [0.1, 0.15) is 6.42 Å². The van der Waals surface area contributed by atoms with Crippen LogP contribution in [0.4, 0.5) is 0 Å². The number of rotatable bonds is 4. The van der Waals surface area contributed by atoms with Gasteiger partial charge in [0, 0.05) is 6.20 Å². The van der Waals surface area contributed by atoms with Crippen molar-refractivity contribution in [3.05, 3.63) is 67.9 Å². The van der Waals surface area contributed by atoms with Gasteiger partial charge < -0.3 is 4.74 Å². The largest absolute Gasteiger partial charge is 0.424 e. The molecular formula is C16H12BrN3O4. The summed E-state index contributed by atoms with van der Waals surface area (Å²) in [7, 11) is 0. The highest BCUT2D eigenvalue weighted by molar-refractivity contribution is 9.10. The van der Waals surface area contributed by atoms with Gasteiger partial charge in [-0.05, 0) is 40.2 Å². The second kappa shape index (κ2) is 6.79. The number of hydrogen-bond acceptors (Lipinski definition) is 5. The Balaban J connectivity index is 1.78. The number of H-pyrrole nitrogens is 1. The van der Waals surface area contributed by atoms with Crippen molar-refractivity contribution in [2.45, 2.75) is 13.0 Å². The molecule has 0 bridgehead atoms. The Morgan fingerprint density at radius 1 is 1.17 bits per heavy atom. The average Bonchev–Trinajstić information content (AvgIpc) is 2.59. The Morgan fingerprint density at radius 2 is 1.92 bits per heavy atom. The number of ether oxygens (including phenoxy) is 1. The third-order valence-corrected chi connectivity index (χ3v) is 3.97. The van der Waals surface area contributed by atoms with Gasteiger partial charge in [0.1, 0.15) is 4.60 Å². The van der Waals surface area contributed by atoms with Gasteiger partial charge in [-0.3, -0.25) is 19.5 Å². The fraction of sp³-hybridized carbons (Fsp3) is 0.125. The van der Waals surface area contributed by atoms with E-state index in [1.807, 2.05) is 0 Å². The van der Waals surface area contributed by atoms with E-state index in [2.05, 4.69) is 26.0 Å². The molecule has 0 aliphatic rings. The van der Waals surface area contributed by atoms with Crippen LogP contribution in [0, 0.1) is 0 Å². The molecule has 24 heavy (non-hydrogen) atoms. The standard InChI is InChI=1S/C16H12BrN3O4/c17-14-12(6-3-8-18-14)24-13(21)7-9-20-16(23)11-5-2-1-4-10(11)15(22)19-20/h1-6,8H,7,9H2,(H,19,22). The molecule has 2 heterocycles. The summed E-state index contributed by atoms with van der Waals surface area (Å²) in [5, 5.41) is 3.10. The van der Waals surface area contributed by atoms with Crippen LogP contribution in [0.25, 0.3) is 10.8 Å². The van der Waals surface area contributed by atoms with Crippen molar-refractivity contribution in [2.75, 3.05) is 0 Å². The Hall–Kier alpha value is -2.74. The highest BCUT2D eigenvalue weighted by atomic mass is 79.9. The second-order valence-corrected chi connectivity index (χ2v) is 5.71. The Labute approximate surface area is 144 Å². The number of carbonyl (C=O) groups excluding carboxylic acids is 1. The number of nitrogens with one attached hydrogen (secondary N) is 1. The van der Waals surface area contributed by atoms with E-state index in [1.54, 1.807) is 42.6 Å². The van der Waals surface area contributed by atoms with Crippen LogP contribution in [-0.4, -0.2) is 20.7 Å². The number of esters is 1. The van der Waals surface area contributed by atoms with Crippen molar-refractivity contribution in [2.24, 2.45) is 0 Å². The Morgan fingerprint density at radius 3 is 2.67 bits per heavy atom. The zero-order valence-electron chi connectivity index (χ0n) is 12.4. The topological polar surface area (TPSA) is 94.1 Å². The highest BCUT2D eigenvalue weighted by Gasteiger charge is 2.11. The van der Waals surface area contributed by atoms with Gasteiger partial charge in [0.2, 0.25) is 0 Å². The van der Waals surface area contributed by atoms with Crippen LogP contribution in [0.15, 0.2) is 56.8 Å². The fourth-order valence-corrected chi connectivity index (χ4v) is 2.56. The van der Waals surface area contributed by atoms with Crippen LogP contribution in [-0.2, 0) is 11.3 Å². The highest BCUT2D eigenvalue weighted by Crippen LogP contribution is 2.21. The third kappa shape index (κ3) is 3.28. The molecule has 8 heteroatoms. The first-order chi connectivity index (χ1) is 11.6. The molecule has 0 fully saturated rings. The quantitative estimate of drug-likeness (QED) is 0.542. The molecule has 0 saturated carbocycles. The summed E-state index contributed by atoms with van der Waals surface area (Å²) in [5.41, 5.74) is -0.742. The summed E-state index contributed by atoms with van der Waals surface area (Å²) < 4.78 is 6.70. The van der Waals surface area contributed by atoms with E-state index in [0.29, 0.717) is 21.1 Å². The molecular weight excluding hydrogens is 378 g/mol. The number of aromatic nitrogens is 3. The van der Waals surface area contributed by atoms with Crippen LogP contribution < -0.4 is 15.9 Å². The number of fused-ring (bicyclic) bond motifs is 1. The first-order valence-corrected chi connectivity index (χ1v) is 7.88. The first kappa shape index (κ1) is 16.1. The normalized spacial score (nSPS) is 10.7. The molecule has 1 N–H and O–H groups in total. The number of nitrogens with zero attached hydrogens (tertiary/aromatic N) is 2. The third-order valence-electron chi connectivity index (χ3n) is 3.37. The van der Waals surface area contributed by atoms with E-state index in [9.17, 15) is 14.4 Å². The monoisotopic (exact) mass is 389 g/mol. The van der Waals surface area contributed by atoms with Gasteiger partial charge in [-0.1, -0.05) is 12.1 Å². The van der Waals surface area contributed by atoms with E-state index >= 15 is 0 Å². The number of aromatic amines is 1. The molecule has 0 unspecified atom stereocenters. The van der Waals surface area contributed by atoms with Gasteiger partial charge in [-0.25, -0.2) is 9.67 Å². The summed E-state index contributed by atoms with van der Waals surface area (Å²) in [5.74, 6) is -0.244. The van der Waals surface area contributed by atoms with Gasteiger partial charge in [-0.15, -0.1) is 0 Å². The Bertz CT molecular complexity index is 1030. The maximum Gasteiger partial charge on any atom is 0.313 e. The van der Waals surface area contributed by atoms with Crippen LogP contribution in [0.2, 0.25) is 0 Å². The lowest BCUT2D eigenvalue weighted by molar-refractivity contribution is -0.134. The van der Waals surface area contributed by atoms with Gasteiger partial charge >= 0.3 is 5.97 Å². The predicted molar refractivity (Wildman–Crippen MR) is 91.0 cm³/mol. The molecule has 1 aromatic carbocycles. The Kier molecular flexibility index (Phi) is 4.57. The lowest BCUT2D eigenvalue weighted by atomic mass is 10.2. The fourth-order valence-electron chi connectivity index (χ4n) is 2.23. The van der Waals surface area contributed by atoms with Gasteiger partial charge in [0.15, 0.2) is 5.75 Å². The van der Waals surface area contributed by atoms with E-state index in [4.69, 9.17) is 4.74 Å². The first-order valence-electron chi connectivity index (χ1n) is 7.09. The average molecular weight is 390 g/mol. The van der Waals surface area contributed by atoms with Crippen molar-refractivity contribution in [3.8, 4) is 5.75 Å². The molecule has 0 spiro atoms. The molecule has 3 rings (SSSR count). The molecule has 0 aliphatic heterocycles. The number of aryl methyl sites for hydroxylation is 1. The summed E-state index contributed by atoms with van der Waals surface area (Å²) in [6, 6.07) is 9.76. The summed E-state index contributed by atoms with van der Waals surface area (Å²) in [6.07, 6.45) is 1.48. The summed E-state index contributed by atoms with van der Waals surface area (Å²) in [4.78, 5) is 40.2. The summed E-state index contributed by atoms with van der Waals surface area (Å²) >= 11 is 3.18. The van der Waals surface area contributed by atoms with Gasteiger partial charge in [-0.2, -0.15) is 0 Å². The number of benzene rings is 1. The van der Waals surface area contributed by atoms with Crippen molar-refractivity contribution >= 4 is 32.7 Å². The van der Waals surface area contributed by atoms with Gasteiger partial charge in [0.05, 0.1) is 23.7 Å². The van der Waals surface area contributed by atoms with Crippen LogP contribution in [0.5, 0.6) is 5.75 Å². The molecule has 3 aromatic rings. The SMILES string of the molecule is O=C(CCn1[nH]c(=O)c2ccccc2c1=O)Oc1cccnc1Br. The smallest absolute Gasteiger partial charge is 0.313 e. The minimum Gasteiger partial charge on any atom is -0.424 e. The maximum atomic E-state index is 12.3. The second-order valence-electron chi connectivity index (χ2n) is 4.96. The minimum absolute atomic E-state index is 0.00955. The zero-order valence-corrected chi connectivity index (χ0v) is 13.9. The van der Waals surface area contributed by atoms with Crippen molar-refractivity contribution in [1.29, 1.82) is 0 Å². The molecule has 122 valence electrons. The molecule has 2 aromatic heterocycles. The number of hydrogen-bond donors (Lipinski definition) is 1. The predicted octanol–water partition coefficient (Wildman–Crippen LogP) is 1.84. The number of pyridine rings is 1. The summed E-state index contributed by atoms with van der Waals surface area (Å²) in [6.45, 7) is 0.00955. The van der Waals surface area contributed by atoms with Gasteiger partial charge in [0.25, 0.3) is 11.1 Å². The van der Waals surface area contributed by atoms with E-state index in [1.165, 1.54) is 0 Å². The molecule has 0 radical (unpaired) electrons. The van der Waals surface area contributed by atoms with E-state index in [0.717, 1.165) is 4.68 Å². The van der Waals surface area contributed by atoms with E-state index < -0.39 is 5.97 Å². The maximum absolute atomic E-state index is 12.3. The molecule has 0 saturated heterocycles. The minimum atomic E-state index is -0.537. The molecule has 0 amide bonds. The molecule has 0 atom stereocenters. The van der Waals surface area contributed by atoms with Crippen molar-refractivity contribution in [1.82, 2.24) is 14.8 Å². The van der Waals surface area contributed by atoms with Crippen LogP contribution >= 0.6 is 15.9 Å². The number of halogens is 1.